The number of fused-ring (bicyclic) bond motifs is 1. The molecule has 3 aromatic rings. The van der Waals surface area contributed by atoms with Crippen molar-refractivity contribution in [2.24, 2.45) is 0 Å². The van der Waals surface area contributed by atoms with Gasteiger partial charge in [-0.25, -0.2) is 4.98 Å². The largest absolute Gasteiger partial charge is 0.296 e. The quantitative estimate of drug-likeness (QED) is 0.543. The standard InChI is InChI=1S/C16H13BrCl2N2/c1-10-12(17)3-2-4-14(10)21-15-6-5-11(19)9-13(15)20-16(21)7-8-18/h2-6,9H,7-8H2,1H3. The lowest BCUT2D eigenvalue weighted by Gasteiger charge is -2.13. The van der Waals surface area contributed by atoms with Crippen LogP contribution in [0.5, 0.6) is 0 Å². The van der Waals surface area contributed by atoms with Crippen molar-refractivity contribution < 1.29 is 0 Å². The Morgan fingerprint density at radius 3 is 2.81 bits per heavy atom. The van der Waals surface area contributed by atoms with E-state index >= 15 is 0 Å². The molecule has 0 N–H and O–H groups in total. The summed E-state index contributed by atoms with van der Waals surface area (Å²) in [5.74, 6) is 1.48. The van der Waals surface area contributed by atoms with E-state index in [1.54, 1.807) is 0 Å². The summed E-state index contributed by atoms with van der Waals surface area (Å²) in [6.45, 7) is 2.09. The number of aryl methyl sites for hydroxylation is 1. The first-order chi connectivity index (χ1) is 10.1. The third-order valence-corrected chi connectivity index (χ3v) is 4.77. The number of aromatic nitrogens is 2. The van der Waals surface area contributed by atoms with E-state index in [1.807, 2.05) is 30.3 Å². The predicted molar refractivity (Wildman–Crippen MR) is 92.9 cm³/mol. The maximum absolute atomic E-state index is 6.08. The number of alkyl halides is 1. The van der Waals surface area contributed by atoms with Crippen molar-refractivity contribution in [3.63, 3.8) is 0 Å². The number of nitrogens with zero attached hydrogens (tertiary/aromatic N) is 2. The molecule has 108 valence electrons. The second kappa shape index (κ2) is 5.99. The zero-order chi connectivity index (χ0) is 15.0. The smallest absolute Gasteiger partial charge is 0.115 e. The van der Waals surface area contributed by atoms with Crippen LogP contribution in [0.1, 0.15) is 11.4 Å². The Morgan fingerprint density at radius 1 is 1.24 bits per heavy atom. The Hall–Kier alpha value is -1.03. The minimum absolute atomic E-state index is 0.532. The summed E-state index contributed by atoms with van der Waals surface area (Å²) in [6, 6.07) is 11.9. The molecule has 21 heavy (non-hydrogen) atoms. The lowest BCUT2D eigenvalue weighted by atomic mass is 10.2. The third kappa shape index (κ3) is 2.70. The van der Waals surface area contributed by atoms with Gasteiger partial charge in [0, 0.05) is 21.8 Å². The molecule has 3 rings (SSSR count). The molecule has 0 aliphatic carbocycles. The molecule has 0 aliphatic rings. The fourth-order valence-electron chi connectivity index (χ4n) is 2.46. The number of imidazole rings is 1. The number of benzene rings is 2. The molecule has 0 saturated heterocycles. The molecule has 0 unspecified atom stereocenters. The highest BCUT2D eigenvalue weighted by Crippen LogP contribution is 2.29. The zero-order valence-electron chi connectivity index (χ0n) is 11.4. The Labute approximate surface area is 141 Å². The summed E-state index contributed by atoms with van der Waals surface area (Å²) in [7, 11) is 0. The van der Waals surface area contributed by atoms with Gasteiger partial charge in [0.1, 0.15) is 5.82 Å². The highest BCUT2D eigenvalue weighted by atomic mass is 79.9. The van der Waals surface area contributed by atoms with Gasteiger partial charge < -0.3 is 0 Å². The van der Waals surface area contributed by atoms with Crippen LogP contribution in [0.15, 0.2) is 40.9 Å². The van der Waals surface area contributed by atoms with Crippen molar-refractivity contribution in [3.8, 4) is 5.69 Å². The van der Waals surface area contributed by atoms with E-state index < -0.39 is 0 Å². The summed E-state index contributed by atoms with van der Waals surface area (Å²) in [5, 5.41) is 0.690. The van der Waals surface area contributed by atoms with Gasteiger partial charge in [-0.2, -0.15) is 0 Å². The van der Waals surface area contributed by atoms with Crippen molar-refractivity contribution in [1.29, 1.82) is 0 Å². The van der Waals surface area contributed by atoms with Gasteiger partial charge in [0.05, 0.1) is 16.7 Å². The molecule has 0 spiro atoms. The van der Waals surface area contributed by atoms with Crippen LogP contribution < -0.4 is 0 Å². The topological polar surface area (TPSA) is 17.8 Å². The maximum atomic E-state index is 6.08. The van der Waals surface area contributed by atoms with E-state index in [1.165, 1.54) is 5.56 Å². The summed E-state index contributed by atoms with van der Waals surface area (Å²) in [6.07, 6.45) is 0.708. The molecule has 0 radical (unpaired) electrons. The van der Waals surface area contributed by atoms with Crippen LogP contribution in [0.3, 0.4) is 0 Å². The molecular formula is C16H13BrCl2N2. The second-order valence-electron chi connectivity index (χ2n) is 4.82. The summed E-state index contributed by atoms with van der Waals surface area (Å²) < 4.78 is 3.24. The van der Waals surface area contributed by atoms with Gasteiger partial charge in [-0.05, 0) is 42.8 Å². The van der Waals surface area contributed by atoms with E-state index in [0.717, 1.165) is 27.0 Å². The molecule has 0 saturated carbocycles. The van der Waals surface area contributed by atoms with Crippen LogP contribution in [0.2, 0.25) is 5.02 Å². The molecule has 2 nitrogen and oxygen atoms in total. The minimum Gasteiger partial charge on any atom is -0.296 e. The van der Waals surface area contributed by atoms with Crippen LogP contribution in [0.4, 0.5) is 0 Å². The highest BCUT2D eigenvalue weighted by Gasteiger charge is 2.14. The molecular weight excluding hydrogens is 371 g/mol. The normalized spacial score (nSPS) is 11.2. The predicted octanol–water partition coefficient (Wildman–Crippen LogP) is 5.53. The van der Waals surface area contributed by atoms with Gasteiger partial charge >= 0.3 is 0 Å². The molecule has 0 bridgehead atoms. The van der Waals surface area contributed by atoms with Gasteiger partial charge in [-0.15, -0.1) is 11.6 Å². The molecule has 2 aromatic carbocycles. The van der Waals surface area contributed by atoms with Gasteiger partial charge in [0.15, 0.2) is 0 Å². The second-order valence-corrected chi connectivity index (χ2v) is 6.49. The Bertz CT molecular complexity index is 811. The Balaban J connectivity index is 2.33. The van der Waals surface area contributed by atoms with Crippen molar-refractivity contribution in [2.75, 3.05) is 5.88 Å². The lowest BCUT2D eigenvalue weighted by Crippen LogP contribution is -2.04. The van der Waals surface area contributed by atoms with Crippen LogP contribution in [0, 0.1) is 6.92 Å². The van der Waals surface area contributed by atoms with Gasteiger partial charge in [0.2, 0.25) is 0 Å². The van der Waals surface area contributed by atoms with E-state index in [-0.39, 0.29) is 0 Å². The first kappa shape index (κ1) is 14.9. The fourth-order valence-corrected chi connectivity index (χ4v) is 3.15. The van der Waals surface area contributed by atoms with Crippen LogP contribution in [0.25, 0.3) is 16.7 Å². The molecule has 0 aliphatic heterocycles. The molecule has 0 atom stereocenters. The van der Waals surface area contributed by atoms with Crippen molar-refractivity contribution >= 4 is 50.2 Å². The monoisotopic (exact) mass is 382 g/mol. The van der Waals surface area contributed by atoms with E-state index in [9.17, 15) is 0 Å². The number of hydrogen-bond donors (Lipinski definition) is 0. The van der Waals surface area contributed by atoms with Gasteiger partial charge in [-0.3, -0.25) is 4.57 Å². The third-order valence-electron chi connectivity index (χ3n) is 3.48. The van der Waals surface area contributed by atoms with Crippen LogP contribution in [-0.4, -0.2) is 15.4 Å². The Kier molecular flexibility index (Phi) is 4.25. The zero-order valence-corrected chi connectivity index (χ0v) is 14.5. The summed E-state index contributed by atoms with van der Waals surface area (Å²) >= 11 is 15.6. The van der Waals surface area contributed by atoms with Crippen molar-refractivity contribution in [2.45, 2.75) is 13.3 Å². The minimum atomic E-state index is 0.532. The SMILES string of the molecule is Cc1c(Br)cccc1-n1c(CCCl)nc2cc(Cl)ccc21. The maximum Gasteiger partial charge on any atom is 0.115 e. The Morgan fingerprint density at radius 2 is 2.05 bits per heavy atom. The molecule has 0 amide bonds. The van der Waals surface area contributed by atoms with Gasteiger partial charge in [0.25, 0.3) is 0 Å². The van der Waals surface area contributed by atoms with E-state index in [2.05, 4.69) is 38.5 Å². The molecule has 0 fully saturated rings. The van der Waals surface area contributed by atoms with Crippen molar-refractivity contribution in [3.05, 3.63) is 57.3 Å². The molecule has 1 heterocycles. The molecule has 5 heteroatoms. The molecule has 1 aromatic heterocycles. The van der Waals surface area contributed by atoms with Crippen LogP contribution >= 0.6 is 39.1 Å². The van der Waals surface area contributed by atoms with Crippen molar-refractivity contribution in [1.82, 2.24) is 9.55 Å². The average molecular weight is 384 g/mol. The lowest BCUT2D eigenvalue weighted by molar-refractivity contribution is 0.906. The average Bonchev–Trinajstić information content (AvgIpc) is 2.79. The highest BCUT2D eigenvalue weighted by molar-refractivity contribution is 9.10. The van der Waals surface area contributed by atoms with Gasteiger partial charge in [-0.1, -0.05) is 33.6 Å². The summed E-state index contributed by atoms with van der Waals surface area (Å²) in [4.78, 5) is 4.69. The van der Waals surface area contributed by atoms with E-state index in [4.69, 9.17) is 23.2 Å². The fraction of sp³-hybridized carbons (Fsp3) is 0.188. The summed E-state index contributed by atoms with van der Waals surface area (Å²) in [5.41, 5.74) is 4.21. The number of hydrogen-bond acceptors (Lipinski definition) is 1. The van der Waals surface area contributed by atoms with Crippen LogP contribution in [-0.2, 0) is 6.42 Å². The first-order valence-corrected chi connectivity index (χ1v) is 8.30. The number of halogens is 3. The van der Waals surface area contributed by atoms with E-state index in [0.29, 0.717) is 17.3 Å². The first-order valence-electron chi connectivity index (χ1n) is 6.60. The number of rotatable bonds is 3.